The van der Waals surface area contributed by atoms with Crippen molar-refractivity contribution in [3.8, 4) is 11.5 Å². The minimum Gasteiger partial charge on any atom is -0.338 e. The highest BCUT2D eigenvalue weighted by Crippen LogP contribution is 2.18. The first-order chi connectivity index (χ1) is 8.72. The predicted molar refractivity (Wildman–Crippen MR) is 69.2 cm³/mol. The number of anilines is 1. The van der Waals surface area contributed by atoms with Gasteiger partial charge in [0.1, 0.15) is 5.69 Å². The molecule has 1 unspecified atom stereocenters. The van der Waals surface area contributed by atoms with Gasteiger partial charge in [-0.1, -0.05) is 6.07 Å². The summed E-state index contributed by atoms with van der Waals surface area (Å²) in [5.74, 6) is 1.41. The maximum atomic E-state index is 5.88. The minimum atomic E-state index is 0.226. The fourth-order valence-corrected chi connectivity index (χ4v) is 2.15. The van der Waals surface area contributed by atoms with Crippen LogP contribution in [0.4, 0.5) is 5.95 Å². The van der Waals surface area contributed by atoms with E-state index in [1.165, 1.54) is 0 Å². The molecule has 0 spiro atoms. The molecular weight excluding hydrogens is 228 g/mol. The lowest BCUT2D eigenvalue weighted by Crippen LogP contribution is -2.26. The van der Waals surface area contributed by atoms with Gasteiger partial charge in [-0.3, -0.25) is 5.10 Å². The molecular formula is C12H16N6. The molecule has 0 radical (unpaired) electrons. The van der Waals surface area contributed by atoms with E-state index in [1.807, 2.05) is 25.1 Å². The van der Waals surface area contributed by atoms with Gasteiger partial charge in [0.25, 0.3) is 0 Å². The van der Waals surface area contributed by atoms with E-state index in [4.69, 9.17) is 5.73 Å². The number of rotatable bonds is 2. The number of aromatic amines is 1. The molecule has 1 saturated heterocycles. The molecule has 0 saturated carbocycles. The maximum absolute atomic E-state index is 5.88. The molecule has 6 heteroatoms. The Balaban J connectivity index is 1.85. The average Bonchev–Trinajstić information content (AvgIpc) is 2.97. The summed E-state index contributed by atoms with van der Waals surface area (Å²) in [4.78, 5) is 11.0. The molecule has 1 atom stereocenters. The fraction of sp³-hybridized carbons (Fsp3) is 0.417. The molecule has 0 bridgehead atoms. The number of hydrogen-bond acceptors (Lipinski definition) is 5. The van der Waals surface area contributed by atoms with Crippen LogP contribution in [0.5, 0.6) is 0 Å². The molecule has 1 aliphatic heterocycles. The summed E-state index contributed by atoms with van der Waals surface area (Å²) in [6.45, 7) is 3.69. The van der Waals surface area contributed by atoms with Gasteiger partial charge in [-0.25, -0.2) is 4.98 Å². The topological polar surface area (TPSA) is 83.7 Å². The van der Waals surface area contributed by atoms with E-state index in [2.05, 4.69) is 25.1 Å². The van der Waals surface area contributed by atoms with E-state index in [9.17, 15) is 0 Å². The summed E-state index contributed by atoms with van der Waals surface area (Å²) in [5, 5.41) is 7.17. The Morgan fingerprint density at radius 3 is 3.00 bits per heavy atom. The second kappa shape index (κ2) is 4.38. The van der Waals surface area contributed by atoms with Crippen molar-refractivity contribution in [2.24, 2.45) is 5.73 Å². The summed E-state index contributed by atoms with van der Waals surface area (Å²) in [5.41, 5.74) is 7.66. The van der Waals surface area contributed by atoms with Crippen molar-refractivity contribution in [1.29, 1.82) is 0 Å². The SMILES string of the molecule is Cc1cccc(-c2nc(N3CCC(N)C3)n[nH]2)n1. The number of H-pyrrole nitrogens is 1. The van der Waals surface area contributed by atoms with Crippen LogP contribution in [-0.2, 0) is 0 Å². The normalized spacial score (nSPS) is 19.4. The van der Waals surface area contributed by atoms with Crippen molar-refractivity contribution in [3.63, 3.8) is 0 Å². The van der Waals surface area contributed by atoms with Crippen LogP contribution in [0.1, 0.15) is 12.1 Å². The molecule has 3 N–H and O–H groups in total. The third kappa shape index (κ3) is 2.06. The van der Waals surface area contributed by atoms with Crippen LogP contribution in [0.2, 0.25) is 0 Å². The Morgan fingerprint density at radius 1 is 1.39 bits per heavy atom. The highest BCUT2D eigenvalue weighted by molar-refractivity contribution is 5.51. The third-order valence-electron chi connectivity index (χ3n) is 3.11. The molecule has 3 rings (SSSR count). The van der Waals surface area contributed by atoms with Gasteiger partial charge in [0.2, 0.25) is 5.95 Å². The van der Waals surface area contributed by atoms with Gasteiger partial charge in [0.15, 0.2) is 5.82 Å². The Kier molecular flexibility index (Phi) is 2.71. The van der Waals surface area contributed by atoms with Gasteiger partial charge in [-0.2, -0.15) is 4.98 Å². The van der Waals surface area contributed by atoms with Gasteiger partial charge in [0, 0.05) is 24.8 Å². The zero-order valence-electron chi connectivity index (χ0n) is 10.3. The second-order valence-corrected chi connectivity index (χ2v) is 4.64. The first kappa shape index (κ1) is 11.2. The van der Waals surface area contributed by atoms with Crippen molar-refractivity contribution in [2.75, 3.05) is 18.0 Å². The van der Waals surface area contributed by atoms with E-state index >= 15 is 0 Å². The Labute approximate surface area is 105 Å². The van der Waals surface area contributed by atoms with Crippen molar-refractivity contribution >= 4 is 5.95 Å². The molecule has 0 aromatic carbocycles. The van der Waals surface area contributed by atoms with E-state index in [0.29, 0.717) is 11.8 Å². The minimum absolute atomic E-state index is 0.226. The number of nitrogens with two attached hydrogens (primary N) is 1. The lowest BCUT2D eigenvalue weighted by atomic mass is 10.3. The van der Waals surface area contributed by atoms with Crippen LogP contribution in [0.3, 0.4) is 0 Å². The molecule has 1 fully saturated rings. The summed E-state index contributed by atoms with van der Waals surface area (Å²) < 4.78 is 0. The molecule has 0 amide bonds. The Bertz CT molecular complexity index is 549. The van der Waals surface area contributed by atoms with E-state index < -0.39 is 0 Å². The number of nitrogens with one attached hydrogen (secondary N) is 1. The van der Waals surface area contributed by atoms with Crippen LogP contribution in [0.15, 0.2) is 18.2 Å². The molecule has 3 heterocycles. The smallest absolute Gasteiger partial charge is 0.245 e. The monoisotopic (exact) mass is 244 g/mol. The molecule has 6 nitrogen and oxygen atoms in total. The summed E-state index contributed by atoms with van der Waals surface area (Å²) in [6.07, 6.45) is 0.993. The van der Waals surface area contributed by atoms with Crippen LogP contribution in [0, 0.1) is 6.92 Å². The van der Waals surface area contributed by atoms with Gasteiger partial charge in [-0.15, -0.1) is 5.10 Å². The van der Waals surface area contributed by atoms with E-state index in [-0.39, 0.29) is 6.04 Å². The number of nitrogens with zero attached hydrogens (tertiary/aromatic N) is 4. The largest absolute Gasteiger partial charge is 0.338 e. The Morgan fingerprint density at radius 2 is 2.28 bits per heavy atom. The highest BCUT2D eigenvalue weighted by Gasteiger charge is 2.22. The van der Waals surface area contributed by atoms with Crippen LogP contribution in [-0.4, -0.2) is 39.3 Å². The number of hydrogen-bond donors (Lipinski definition) is 2. The first-order valence-electron chi connectivity index (χ1n) is 6.09. The van der Waals surface area contributed by atoms with Gasteiger partial charge >= 0.3 is 0 Å². The maximum Gasteiger partial charge on any atom is 0.245 e. The number of pyridine rings is 1. The molecule has 94 valence electrons. The summed E-state index contributed by atoms with van der Waals surface area (Å²) in [7, 11) is 0. The molecule has 1 aliphatic rings. The average molecular weight is 244 g/mol. The lowest BCUT2D eigenvalue weighted by Gasteiger charge is -2.11. The lowest BCUT2D eigenvalue weighted by molar-refractivity contribution is 0.750. The second-order valence-electron chi connectivity index (χ2n) is 4.64. The van der Waals surface area contributed by atoms with Gasteiger partial charge in [-0.05, 0) is 25.5 Å². The molecule has 2 aromatic rings. The van der Waals surface area contributed by atoms with Crippen molar-refractivity contribution in [2.45, 2.75) is 19.4 Å². The Hall–Kier alpha value is -1.95. The van der Waals surface area contributed by atoms with E-state index in [1.54, 1.807) is 0 Å². The fourth-order valence-electron chi connectivity index (χ4n) is 2.15. The van der Waals surface area contributed by atoms with Crippen molar-refractivity contribution in [1.82, 2.24) is 20.2 Å². The summed E-state index contributed by atoms with van der Waals surface area (Å²) in [6, 6.07) is 6.07. The first-order valence-corrected chi connectivity index (χ1v) is 6.09. The molecule has 18 heavy (non-hydrogen) atoms. The number of aromatic nitrogens is 4. The van der Waals surface area contributed by atoms with Gasteiger partial charge < -0.3 is 10.6 Å². The van der Waals surface area contributed by atoms with Crippen molar-refractivity contribution in [3.05, 3.63) is 23.9 Å². The number of aryl methyl sites for hydroxylation is 1. The quantitative estimate of drug-likeness (QED) is 0.813. The van der Waals surface area contributed by atoms with Crippen LogP contribution < -0.4 is 10.6 Å². The molecule has 0 aliphatic carbocycles. The van der Waals surface area contributed by atoms with E-state index in [0.717, 1.165) is 30.9 Å². The van der Waals surface area contributed by atoms with Crippen molar-refractivity contribution < 1.29 is 0 Å². The third-order valence-corrected chi connectivity index (χ3v) is 3.11. The zero-order chi connectivity index (χ0) is 12.5. The highest BCUT2D eigenvalue weighted by atomic mass is 15.4. The molecule has 2 aromatic heterocycles. The predicted octanol–water partition coefficient (Wildman–Crippen LogP) is 0.713. The van der Waals surface area contributed by atoms with Gasteiger partial charge in [0.05, 0.1) is 0 Å². The standard InChI is InChI=1S/C12H16N6/c1-8-3-2-4-10(14-8)11-15-12(17-16-11)18-6-5-9(13)7-18/h2-4,9H,5-7,13H2,1H3,(H,15,16,17). The van der Waals surface area contributed by atoms with Crippen LogP contribution >= 0.6 is 0 Å². The summed E-state index contributed by atoms with van der Waals surface area (Å²) >= 11 is 0. The van der Waals surface area contributed by atoms with Crippen LogP contribution in [0.25, 0.3) is 11.5 Å². The zero-order valence-corrected chi connectivity index (χ0v) is 10.3.